The number of benzene rings is 2. The Hall–Kier alpha value is -0.930. The molecule has 2 nitrogen and oxygen atoms in total. The van der Waals surface area contributed by atoms with E-state index in [-0.39, 0.29) is 18.4 Å². The summed E-state index contributed by atoms with van der Waals surface area (Å²) in [5, 5.41) is 1.36. The standard InChI is InChI=1S/C17H15Cl3N2.ClH/c1-22-12(9-18)10-21-17(13-4-2-3-5-15(13)20)14-8-11(19)6-7-16(14)22;/h2-8,12H,9-10H2,1H3;1H. The highest BCUT2D eigenvalue weighted by molar-refractivity contribution is 6.36. The van der Waals surface area contributed by atoms with Crippen LogP contribution < -0.4 is 4.90 Å². The van der Waals surface area contributed by atoms with E-state index in [2.05, 4.69) is 4.90 Å². The number of hydrogen-bond acceptors (Lipinski definition) is 2. The van der Waals surface area contributed by atoms with Gasteiger partial charge >= 0.3 is 0 Å². The van der Waals surface area contributed by atoms with E-state index in [1.807, 2.05) is 49.5 Å². The first-order valence-electron chi connectivity index (χ1n) is 7.00. The number of alkyl halides is 1. The summed E-state index contributed by atoms with van der Waals surface area (Å²) >= 11 is 18.7. The maximum atomic E-state index is 6.37. The molecule has 0 bridgehead atoms. The summed E-state index contributed by atoms with van der Waals surface area (Å²) in [7, 11) is 2.03. The molecule has 0 fully saturated rings. The molecule has 0 aromatic heterocycles. The maximum absolute atomic E-state index is 6.37. The Balaban J connectivity index is 0.00000192. The van der Waals surface area contributed by atoms with E-state index < -0.39 is 0 Å². The highest BCUT2D eigenvalue weighted by Gasteiger charge is 2.24. The van der Waals surface area contributed by atoms with Gasteiger partial charge in [-0.25, -0.2) is 0 Å². The van der Waals surface area contributed by atoms with Crippen molar-refractivity contribution in [3.05, 3.63) is 63.6 Å². The van der Waals surface area contributed by atoms with E-state index in [0.717, 1.165) is 22.5 Å². The topological polar surface area (TPSA) is 15.6 Å². The van der Waals surface area contributed by atoms with E-state index >= 15 is 0 Å². The van der Waals surface area contributed by atoms with Crippen LogP contribution in [-0.4, -0.2) is 31.2 Å². The van der Waals surface area contributed by atoms with E-state index in [9.17, 15) is 0 Å². The summed E-state index contributed by atoms with van der Waals surface area (Å²) in [5.74, 6) is 0.512. The molecule has 1 atom stereocenters. The molecule has 1 aliphatic heterocycles. The van der Waals surface area contributed by atoms with Crippen molar-refractivity contribution in [3.8, 4) is 0 Å². The largest absolute Gasteiger partial charge is 0.368 e. The summed E-state index contributed by atoms with van der Waals surface area (Å²) in [6.45, 7) is 0.618. The normalized spacial score (nSPS) is 17.0. The molecule has 1 unspecified atom stereocenters. The predicted octanol–water partition coefficient (Wildman–Crippen LogP) is 5.31. The molecular formula is C17H16Cl4N2. The van der Waals surface area contributed by atoms with E-state index in [4.69, 9.17) is 39.8 Å². The van der Waals surface area contributed by atoms with Gasteiger partial charge in [0, 0.05) is 39.8 Å². The zero-order valence-electron chi connectivity index (χ0n) is 12.5. The van der Waals surface area contributed by atoms with Crippen molar-refractivity contribution in [1.29, 1.82) is 0 Å². The fourth-order valence-corrected chi connectivity index (χ4v) is 3.34. The van der Waals surface area contributed by atoms with Crippen LogP contribution in [0.5, 0.6) is 0 Å². The number of nitrogens with zero attached hydrogens (tertiary/aromatic N) is 2. The second kappa shape index (κ2) is 7.76. The lowest BCUT2D eigenvalue weighted by atomic mass is 10.00. The molecule has 0 saturated heterocycles. The van der Waals surface area contributed by atoms with Crippen LogP contribution >= 0.6 is 47.2 Å². The number of anilines is 1. The lowest BCUT2D eigenvalue weighted by molar-refractivity contribution is 0.708. The lowest BCUT2D eigenvalue weighted by Crippen LogP contribution is -2.35. The highest BCUT2D eigenvalue weighted by Crippen LogP contribution is 2.32. The van der Waals surface area contributed by atoms with Crippen LogP contribution in [0.4, 0.5) is 5.69 Å². The number of likely N-dealkylation sites (N-methyl/N-ethyl adjacent to an activating group) is 1. The van der Waals surface area contributed by atoms with Crippen LogP contribution in [0, 0.1) is 0 Å². The fourth-order valence-electron chi connectivity index (χ4n) is 2.64. The number of halogens is 4. The molecule has 122 valence electrons. The molecule has 1 aliphatic rings. The van der Waals surface area contributed by atoms with Crippen LogP contribution in [-0.2, 0) is 0 Å². The van der Waals surface area contributed by atoms with Gasteiger partial charge in [0.15, 0.2) is 0 Å². The van der Waals surface area contributed by atoms with Gasteiger partial charge in [-0.2, -0.15) is 0 Å². The number of fused-ring (bicyclic) bond motifs is 1. The van der Waals surface area contributed by atoms with Crippen LogP contribution in [0.1, 0.15) is 11.1 Å². The van der Waals surface area contributed by atoms with Crippen LogP contribution in [0.2, 0.25) is 10.0 Å². The van der Waals surface area contributed by atoms with Gasteiger partial charge in [-0.05, 0) is 24.3 Å². The van der Waals surface area contributed by atoms with Gasteiger partial charge in [0.05, 0.1) is 18.3 Å². The van der Waals surface area contributed by atoms with Gasteiger partial charge in [0.1, 0.15) is 0 Å². The first-order valence-corrected chi connectivity index (χ1v) is 8.29. The second-order valence-electron chi connectivity index (χ2n) is 5.25. The third kappa shape index (κ3) is 3.61. The molecule has 0 saturated carbocycles. The Bertz CT molecular complexity index is 730. The van der Waals surface area contributed by atoms with E-state index in [0.29, 0.717) is 22.5 Å². The molecule has 0 radical (unpaired) electrons. The van der Waals surface area contributed by atoms with Gasteiger partial charge in [-0.3, -0.25) is 4.99 Å². The molecule has 0 spiro atoms. The quantitative estimate of drug-likeness (QED) is 0.635. The Morgan fingerprint density at radius 1 is 1.13 bits per heavy atom. The molecule has 0 amide bonds. The van der Waals surface area contributed by atoms with Crippen LogP contribution in [0.3, 0.4) is 0 Å². The zero-order valence-corrected chi connectivity index (χ0v) is 15.6. The SMILES string of the molecule is CN1c2ccc(Cl)cc2C(c2ccccc2Cl)=NCC1CCl.Cl. The molecule has 2 aromatic carbocycles. The van der Waals surface area contributed by atoms with Crippen molar-refractivity contribution < 1.29 is 0 Å². The molecule has 1 heterocycles. The monoisotopic (exact) mass is 388 g/mol. The Kier molecular flexibility index (Phi) is 6.21. The van der Waals surface area contributed by atoms with Crippen molar-refractivity contribution >= 4 is 58.6 Å². The summed E-state index contributed by atoms with van der Waals surface area (Å²) in [4.78, 5) is 6.95. The summed E-state index contributed by atoms with van der Waals surface area (Å²) < 4.78 is 0. The van der Waals surface area contributed by atoms with Crippen molar-refractivity contribution in [2.45, 2.75) is 6.04 Å². The minimum Gasteiger partial charge on any atom is -0.368 e. The molecule has 0 N–H and O–H groups in total. The third-order valence-corrected chi connectivity index (χ3v) is 4.83. The predicted molar refractivity (Wildman–Crippen MR) is 104 cm³/mol. The van der Waals surface area contributed by atoms with Crippen molar-refractivity contribution in [1.82, 2.24) is 0 Å². The minimum absolute atomic E-state index is 0. The van der Waals surface area contributed by atoms with Gasteiger partial charge < -0.3 is 4.90 Å². The smallest absolute Gasteiger partial charge is 0.0756 e. The number of rotatable bonds is 2. The number of hydrogen-bond donors (Lipinski definition) is 0. The average Bonchev–Trinajstić information content (AvgIpc) is 2.65. The summed E-state index contributed by atoms with van der Waals surface area (Å²) in [6.07, 6.45) is 0. The third-order valence-electron chi connectivity index (χ3n) is 3.91. The minimum atomic E-state index is 0. The molecule has 3 rings (SSSR count). The molecule has 23 heavy (non-hydrogen) atoms. The molecule has 6 heteroatoms. The van der Waals surface area contributed by atoms with Crippen molar-refractivity contribution in [3.63, 3.8) is 0 Å². The van der Waals surface area contributed by atoms with Gasteiger partial charge in [-0.1, -0.05) is 41.4 Å². The summed E-state index contributed by atoms with van der Waals surface area (Å²) in [5.41, 5.74) is 3.82. The van der Waals surface area contributed by atoms with Gasteiger partial charge in [0.25, 0.3) is 0 Å². The second-order valence-corrected chi connectivity index (χ2v) is 6.40. The first kappa shape index (κ1) is 18.4. The fraction of sp³-hybridized carbons (Fsp3) is 0.235. The molecule has 0 aliphatic carbocycles. The Morgan fingerprint density at radius 2 is 1.87 bits per heavy atom. The molecule has 2 aromatic rings. The molecular weight excluding hydrogens is 374 g/mol. The van der Waals surface area contributed by atoms with Crippen LogP contribution in [0.15, 0.2) is 47.5 Å². The van der Waals surface area contributed by atoms with E-state index in [1.54, 1.807) is 0 Å². The van der Waals surface area contributed by atoms with Crippen molar-refractivity contribution in [2.24, 2.45) is 4.99 Å². The Morgan fingerprint density at radius 3 is 2.57 bits per heavy atom. The van der Waals surface area contributed by atoms with Gasteiger partial charge in [0.2, 0.25) is 0 Å². The number of benzodiazepines with no additional fused rings is 1. The lowest BCUT2D eigenvalue weighted by Gasteiger charge is -2.27. The van der Waals surface area contributed by atoms with Crippen molar-refractivity contribution in [2.75, 3.05) is 24.4 Å². The Labute approximate surface area is 157 Å². The summed E-state index contributed by atoms with van der Waals surface area (Å²) in [6, 6.07) is 13.7. The first-order chi connectivity index (χ1) is 10.6. The van der Waals surface area contributed by atoms with Gasteiger partial charge in [-0.15, -0.1) is 24.0 Å². The number of aliphatic imine (C=N–C) groups is 1. The average molecular weight is 390 g/mol. The highest BCUT2D eigenvalue weighted by atomic mass is 35.5. The zero-order chi connectivity index (χ0) is 15.7. The van der Waals surface area contributed by atoms with E-state index in [1.165, 1.54) is 0 Å². The van der Waals surface area contributed by atoms with Crippen LogP contribution in [0.25, 0.3) is 0 Å². The maximum Gasteiger partial charge on any atom is 0.0756 e.